The van der Waals surface area contributed by atoms with Gasteiger partial charge in [0.05, 0.1) is 23.9 Å². The van der Waals surface area contributed by atoms with Crippen molar-refractivity contribution in [3.8, 4) is 11.4 Å². The molecule has 2 aromatic rings. The highest BCUT2D eigenvalue weighted by molar-refractivity contribution is 9.10. The summed E-state index contributed by atoms with van der Waals surface area (Å²) in [5, 5.41) is 1.12. The maximum absolute atomic E-state index is 6.20. The van der Waals surface area contributed by atoms with Crippen LogP contribution in [0.25, 0.3) is 11.4 Å². The van der Waals surface area contributed by atoms with Crippen LogP contribution >= 0.6 is 39.1 Å². The number of halogens is 3. The van der Waals surface area contributed by atoms with Gasteiger partial charge in [-0.05, 0) is 34.1 Å². The Balaban J connectivity index is 2.10. The molecule has 2 heterocycles. The van der Waals surface area contributed by atoms with Crippen LogP contribution in [-0.2, 0) is 17.8 Å². The van der Waals surface area contributed by atoms with Crippen molar-refractivity contribution in [2.75, 3.05) is 6.61 Å². The zero-order valence-corrected chi connectivity index (χ0v) is 12.9. The minimum absolute atomic E-state index is 0.464. The van der Waals surface area contributed by atoms with Crippen molar-refractivity contribution in [2.24, 2.45) is 0 Å². The Labute approximate surface area is 129 Å². The van der Waals surface area contributed by atoms with Crippen molar-refractivity contribution in [1.29, 1.82) is 0 Å². The Morgan fingerprint density at radius 2 is 2.05 bits per heavy atom. The predicted molar refractivity (Wildman–Crippen MR) is 78.5 cm³/mol. The SMILES string of the molecule is Clc1ccc(-c2nc(Cl)c3c(n2)CCOC3)cc1Br. The molecule has 19 heavy (non-hydrogen) atoms. The molecule has 0 bridgehead atoms. The van der Waals surface area contributed by atoms with Crippen LogP contribution in [0.4, 0.5) is 0 Å². The first-order valence-electron chi connectivity index (χ1n) is 5.73. The third-order valence-electron chi connectivity index (χ3n) is 2.95. The number of rotatable bonds is 1. The maximum Gasteiger partial charge on any atom is 0.161 e. The number of aromatic nitrogens is 2. The summed E-state index contributed by atoms with van der Waals surface area (Å²) < 4.78 is 6.18. The molecule has 1 aliphatic rings. The van der Waals surface area contributed by atoms with E-state index in [-0.39, 0.29) is 0 Å². The summed E-state index contributed by atoms with van der Waals surface area (Å²) in [6, 6.07) is 5.57. The van der Waals surface area contributed by atoms with Crippen LogP contribution < -0.4 is 0 Å². The van der Waals surface area contributed by atoms with Crippen LogP contribution in [0.3, 0.4) is 0 Å². The van der Waals surface area contributed by atoms with Crippen molar-refractivity contribution in [2.45, 2.75) is 13.0 Å². The average Bonchev–Trinajstić information content (AvgIpc) is 2.42. The second-order valence-electron chi connectivity index (χ2n) is 4.19. The van der Waals surface area contributed by atoms with E-state index >= 15 is 0 Å². The third kappa shape index (κ3) is 2.63. The molecule has 3 rings (SSSR count). The molecular formula is C13H9BrCl2N2O. The van der Waals surface area contributed by atoms with Gasteiger partial charge in [-0.2, -0.15) is 0 Å². The standard InChI is InChI=1S/C13H9BrCl2N2O/c14-9-5-7(1-2-10(9)15)13-17-11-3-4-19-6-8(11)12(16)18-13/h1-2,5H,3-4,6H2. The lowest BCUT2D eigenvalue weighted by molar-refractivity contribution is 0.109. The second-order valence-corrected chi connectivity index (χ2v) is 5.81. The number of fused-ring (bicyclic) bond motifs is 1. The Bertz CT molecular complexity index is 649. The molecule has 1 aliphatic heterocycles. The molecule has 0 N–H and O–H groups in total. The summed E-state index contributed by atoms with van der Waals surface area (Å²) in [6.45, 7) is 1.16. The van der Waals surface area contributed by atoms with E-state index in [0.717, 1.165) is 27.7 Å². The average molecular weight is 360 g/mol. The molecular weight excluding hydrogens is 351 g/mol. The largest absolute Gasteiger partial charge is 0.376 e. The van der Waals surface area contributed by atoms with Crippen LogP contribution in [0, 0.1) is 0 Å². The quantitative estimate of drug-likeness (QED) is 0.712. The fourth-order valence-corrected chi connectivity index (χ4v) is 2.70. The molecule has 1 aromatic carbocycles. The van der Waals surface area contributed by atoms with Crippen LogP contribution in [-0.4, -0.2) is 16.6 Å². The molecule has 6 heteroatoms. The molecule has 0 saturated carbocycles. The summed E-state index contributed by atoms with van der Waals surface area (Å²) in [7, 11) is 0. The topological polar surface area (TPSA) is 35.0 Å². The maximum atomic E-state index is 6.20. The molecule has 98 valence electrons. The van der Waals surface area contributed by atoms with E-state index in [1.807, 2.05) is 12.1 Å². The van der Waals surface area contributed by atoms with E-state index in [4.69, 9.17) is 27.9 Å². The monoisotopic (exact) mass is 358 g/mol. The summed E-state index contributed by atoms with van der Waals surface area (Å²) in [4.78, 5) is 8.91. The van der Waals surface area contributed by atoms with Crippen LogP contribution in [0.15, 0.2) is 22.7 Å². The zero-order chi connectivity index (χ0) is 13.4. The zero-order valence-electron chi connectivity index (χ0n) is 9.79. The first kappa shape index (κ1) is 13.3. The lowest BCUT2D eigenvalue weighted by atomic mass is 10.1. The Hall–Kier alpha value is -0.680. The first-order chi connectivity index (χ1) is 9.15. The Morgan fingerprint density at radius 3 is 2.84 bits per heavy atom. The Kier molecular flexibility index (Phi) is 3.76. The second kappa shape index (κ2) is 5.37. The van der Waals surface area contributed by atoms with Crippen molar-refractivity contribution < 1.29 is 4.74 Å². The van der Waals surface area contributed by atoms with Gasteiger partial charge in [0, 0.05) is 22.0 Å². The van der Waals surface area contributed by atoms with E-state index in [1.165, 1.54) is 0 Å². The van der Waals surface area contributed by atoms with Gasteiger partial charge in [-0.3, -0.25) is 0 Å². The summed E-state index contributed by atoms with van der Waals surface area (Å²) in [5.74, 6) is 0.614. The van der Waals surface area contributed by atoms with Crippen molar-refractivity contribution in [3.05, 3.63) is 44.1 Å². The lowest BCUT2D eigenvalue weighted by Gasteiger charge is -2.17. The molecule has 0 amide bonds. The number of hydrogen-bond acceptors (Lipinski definition) is 3. The van der Waals surface area contributed by atoms with E-state index in [0.29, 0.717) is 29.2 Å². The molecule has 0 radical (unpaired) electrons. The van der Waals surface area contributed by atoms with Crippen molar-refractivity contribution in [3.63, 3.8) is 0 Å². The van der Waals surface area contributed by atoms with Gasteiger partial charge < -0.3 is 4.74 Å². The van der Waals surface area contributed by atoms with Gasteiger partial charge in [0.15, 0.2) is 5.82 Å². The summed E-state index contributed by atoms with van der Waals surface area (Å²) in [6.07, 6.45) is 0.763. The highest BCUT2D eigenvalue weighted by Gasteiger charge is 2.18. The van der Waals surface area contributed by atoms with Gasteiger partial charge in [0.2, 0.25) is 0 Å². The third-order valence-corrected chi connectivity index (χ3v) is 4.48. The van der Waals surface area contributed by atoms with E-state index in [1.54, 1.807) is 6.07 Å². The first-order valence-corrected chi connectivity index (χ1v) is 7.28. The Morgan fingerprint density at radius 1 is 1.21 bits per heavy atom. The van der Waals surface area contributed by atoms with Gasteiger partial charge in [-0.25, -0.2) is 9.97 Å². The minimum Gasteiger partial charge on any atom is -0.376 e. The predicted octanol–water partition coefficient (Wildman–Crippen LogP) is 4.29. The molecule has 0 saturated heterocycles. The molecule has 0 unspecified atom stereocenters. The highest BCUT2D eigenvalue weighted by Crippen LogP contribution is 2.30. The number of hydrogen-bond donors (Lipinski definition) is 0. The van der Waals surface area contributed by atoms with Gasteiger partial charge in [-0.1, -0.05) is 23.2 Å². The minimum atomic E-state index is 0.464. The number of benzene rings is 1. The molecule has 1 aromatic heterocycles. The van der Waals surface area contributed by atoms with E-state index < -0.39 is 0 Å². The molecule has 0 spiro atoms. The van der Waals surface area contributed by atoms with Gasteiger partial charge >= 0.3 is 0 Å². The fraction of sp³-hybridized carbons (Fsp3) is 0.231. The molecule has 0 fully saturated rings. The molecule has 0 aliphatic carbocycles. The lowest BCUT2D eigenvalue weighted by Crippen LogP contribution is -2.14. The summed E-state index contributed by atoms with van der Waals surface area (Å²) >= 11 is 15.6. The van der Waals surface area contributed by atoms with Gasteiger partial charge in [-0.15, -0.1) is 0 Å². The van der Waals surface area contributed by atoms with Gasteiger partial charge in [0.1, 0.15) is 5.15 Å². The van der Waals surface area contributed by atoms with Gasteiger partial charge in [0.25, 0.3) is 0 Å². The number of nitrogens with zero attached hydrogens (tertiary/aromatic N) is 2. The normalized spacial score (nSPS) is 14.3. The molecule has 3 nitrogen and oxygen atoms in total. The van der Waals surface area contributed by atoms with Crippen LogP contribution in [0.5, 0.6) is 0 Å². The van der Waals surface area contributed by atoms with Crippen LogP contribution in [0.1, 0.15) is 11.3 Å². The molecule has 0 atom stereocenters. The van der Waals surface area contributed by atoms with Crippen molar-refractivity contribution in [1.82, 2.24) is 9.97 Å². The van der Waals surface area contributed by atoms with E-state index in [2.05, 4.69) is 25.9 Å². The summed E-state index contributed by atoms with van der Waals surface area (Å²) in [5.41, 5.74) is 2.74. The van der Waals surface area contributed by atoms with Crippen molar-refractivity contribution >= 4 is 39.1 Å². The number of ether oxygens (including phenoxy) is 1. The van der Waals surface area contributed by atoms with Crippen LogP contribution in [0.2, 0.25) is 10.2 Å². The van der Waals surface area contributed by atoms with E-state index in [9.17, 15) is 0 Å². The highest BCUT2D eigenvalue weighted by atomic mass is 79.9. The smallest absolute Gasteiger partial charge is 0.161 e. The fourth-order valence-electron chi connectivity index (χ4n) is 1.96.